The van der Waals surface area contributed by atoms with Gasteiger partial charge in [-0.1, -0.05) is 28.1 Å². The molecule has 102 valence electrons. The maximum absolute atomic E-state index is 5.21. The van der Waals surface area contributed by atoms with Crippen molar-refractivity contribution in [2.24, 2.45) is 0 Å². The number of nitrogens with one attached hydrogen (secondary N) is 1. The Morgan fingerprint density at radius 3 is 2.33 bits per heavy atom. The molecule has 0 saturated heterocycles. The van der Waals surface area contributed by atoms with Crippen LogP contribution in [0.25, 0.3) is 0 Å². The lowest BCUT2D eigenvalue weighted by Gasteiger charge is -2.25. The van der Waals surface area contributed by atoms with Crippen molar-refractivity contribution in [2.45, 2.75) is 38.6 Å². The third-order valence-corrected chi connectivity index (χ3v) is 3.42. The summed E-state index contributed by atoms with van der Waals surface area (Å²) in [7, 11) is 1.76. The lowest BCUT2D eigenvalue weighted by Crippen LogP contribution is -2.38. The number of hydrogen-bond donors (Lipinski definition) is 1. The van der Waals surface area contributed by atoms with Gasteiger partial charge < -0.3 is 10.1 Å². The van der Waals surface area contributed by atoms with Crippen LogP contribution in [0, 0.1) is 0 Å². The second kappa shape index (κ2) is 7.27. The number of ether oxygens (including phenoxy) is 1. The van der Waals surface area contributed by atoms with Gasteiger partial charge in [-0.3, -0.25) is 0 Å². The maximum atomic E-state index is 5.21. The molecule has 0 aromatic heterocycles. The zero-order valence-corrected chi connectivity index (χ0v) is 13.4. The minimum absolute atomic E-state index is 0.153. The quantitative estimate of drug-likeness (QED) is 0.858. The fraction of sp³-hybridized carbons (Fsp3) is 0.600. The molecule has 0 saturated carbocycles. The molecule has 18 heavy (non-hydrogen) atoms. The Hall–Kier alpha value is -0.380. The summed E-state index contributed by atoms with van der Waals surface area (Å²) in [6.45, 7) is 8.37. The second-order valence-corrected chi connectivity index (χ2v) is 6.58. The van der Waals surface area contributed by atoms with Gasteiger partial charge in [-0.25, -0.2) is 0 Å². The smallest absolute Gasteiger partial charge is 0.0468 e. The molecule has 1 atom stereocenters. The second-order valence-electron chi connectivity index (χ2n) is 5.66. The van der Waals surface area contributed by atoms with Gasteiger partial charge in [-0.2, -0.15) is 0 Å². The lowest BCUT2D eigenvalue weighted by atomic mass is 9.95. The zero-order chi connectivity index (χ0) is 13.6. The largest absolute Gasteiger partial charge is 0.385 e. The Morgan fingerprint density at radius 1 is 1.22 bits per heavy atom. The van der Waals surface area contributed by atoms with E-state index in [0.29, 0.717) is 5.92 Å². The lowest BCUT2D eigenvalue weighted by molar-refractivity contribution is 0.185. The Morgan fingerprint density at radius 2 is 1.83 bits per heavy atom. The van der Waals surface area contributed by atoms with Crippen molar-refractivity contribution < 1.29 is 4.74 Å². The highest BCUT2D eigenvalue weighted by molar-refractivity contribution is 9.10. The number of benzene rings is 1. The van der Waals surface area contributed by atoms with Gasteiger partial charge in [0.1, 0.15) is 0 Å². The number of halogens is 1. The normalized spacial score (nSPS) is 13.6. The van der Waals surface area contributed by atoms with E-state index in [0.717, 1.165) is 24.0 Å². The van der Waals surface area contributed by atoms with Crippen molar-refractivity contribution in [3.8, 4) is 0 Å². The summed E-state index contributed by atoms with van der Waals surface area (Å²) in [6.07, 6.45) is 1.04. The maximum Gasteiger partial charge on any atom is 0.0468 e. The van der Waals surface area contributed by atoms with Gasteiger partial charge in [0.05, 0.1) is 0 Å². The van der Waals surface area contributed by atoms with E-state index in [4.69, 9.17) is 4.74 Å². The number of methoxy groups -OCH3 is 1. The summed E-state index contributed by atoms with van der Waals surface area (Å²) < 4.78 is 6.34. The van der Waals surface area contributed by atoms with Crippen LogP contribution in [0.4, 0.5) is 0 Å². The van der Waals surface area contributed by atoms with Crippen LogP contribution < -0.4 is 5.32 Å². The molecule has 3 heteroatoms. The van der Waals surface area contributed by atoms with Gasteiger partial charge in [0.25, 0.3) is 0 Å². The van der Waals surface area contributed by atoms with Crippen LogP contribution in [-0.4, -0.2) is 25.8 Å². The van der Waals surface area contributed by atoms with E-state index < -0.39 is 0 Å². The van der Waals surface area contributed by atoms with Crippen molar-refractivity contribution in [1.29, 1.82) is 0 Å². The van der Waals surface area contributed by atoms with Crippen LogP contribution in [0.1, 0.15) is 38.7 Å². The Balaban J connectivity index is 2.68. The molecular weight excluding hydrogens is 290 g/mol. The summed E-state index contributed by atoms with van der Waals surface area (Å²) in [5, 5.41) is 3.58. The third kappa shape index (κ3) is 5.98. The molecule has 1 N–H and O–H groups in total. The summed E-state index contributed by atoms with van der Waals surface area (Å²) in [6, 6.07) is 8.59. The van der Waals surface area contributed by atoms with Gasteiger partial charge in [-0.05, 0) is 50.8 Å². The molecule has 2 nitrogen and oxygen atoms in total. The molecule has 1 unspecified atom stereocenters. The van der Waals surface area contributed by atoms with Crippen molar-refractivity contribution in [2.75, 3.05) is 20.3 Å². The molecule has 0 amide bonds. The monoisotopic (exact) mass is 313 g/mol. The van der Waals surface area contributed by atoms with Crippen molar-refractivity contribution in [1.82, 2.24) is 5.32 Å². The highest BCUT2D eigenvalue weighted by Crippen LogP contribution is 2.22. The van der Waals surface area contributed by atoms with Crippen molar-refractivity contribution in [3.05, 3.63) is 34.3 Å². The summed E-state index contributed by atoms with van der Waals surface area (Å²) in [5.41, 5.74) is 1.52. The molecule has 0 bridgehead atoms. The van der Waals surface area contributed by atoms with Crippen LogP contribution in [-0.2, 0) is 4.74 Å². The molecule has 0 radical (unpaired) electrons. The summed E-state index contributed by atoms with van der Waals surface area (Å²) in [4.78, 5) is 0. The molecule has 0 spiro atoms. The summed E-state index contributed by atoms with van der Waals surface area (Å²) >= 11 is 3.48. The number of hydrogen-bond acceptors (Lipinski definition) is 2. The first kappa shape index (κ1) is 15.7. The first-order chi connectivity index (χ1) is 8.42. The van der Waals surface area contributed by atoms with Crippen molar-refractivity contribution >= 4 is 15.9 Å². The van der Waals surface area contributed by atoms with Gasteiger partial charge in [-0.15, -0.1) is 0 Å². The van der Waals surface area contributed by atoms with Gasteiger partial charge in [0.15, 0.2) is 0 Å². The fourth-order valence-corrected chi connectivity index (χ4v) is 2.08. The average Bonchev–Trinajstić information content (AvgIpc) is 2.29. The van der Waals surface area contributed by atoms with Gasteiger partial charge >= 0.3 is 0 Å². The topological polar surface area (TPSA) is 21.3 Å². The van der Waals surface area contributed by atoms with E-state index in [-0.39, 0.29) is 5.54 Å². The van der Waals surface area contributed by atoms with E-state index >= 15 is 0 Å². The summed E-state index contributed by atoms with van der Waals surface area (Å²) in [5.74, 6) is 0.497. The predicted octanol–water partition coefficient (Wildman–Crippen LogP) is 3.96. The number of rotatable bonds is 6. The minimum atomic E-state index is 0.153. The van der Waals surface area contributed by atoms with E-state index in [2.05, 4.69) is 66.3 Å². The van der Waals surface area contributed by atoms with E-state index in [9.17, 15) is 0 Å². The Kier molecular flexibility index (Phi) is 6.33. The average molecular weight is 314 g/mol. The molecule has 0 aliphatic rings. The van der Waals surface area contributed by atoms with Crippen LogP contribution in [0.5, 0.6) is 0 Å². The molecule has 1 aromatic carbocycles. The van der Waals surface area contributed by atoms with E-state index in [1.165, 1.54) is 5.56 Å². The molecule has 0 aliphatic heterocycles. The molecule has 1 aromatic rings. The first-order valence-corrected chi connectivity index (χ1v) is 7.21. The van der Waals surface area contributed by atoms with Crippen LogP contribution in [0.3, 0.4) is 0 Å². The van der Waals surface area contributed by atoms with Gasteiger partial charge in [0.2, 0.25) is 0 Å². The molecular formula is C15H24BrNO. The van der Waals surface area contributed by atoms with Crippen LogP contribution in [0.15, 0.2) is 28.7 Å². The molecule has 0 fully saturated rings. The van der Waals surface area contributed by atoms with E-state index in [1.807, 2.05) is 0 Å². The molecule has 1 rings (SSSR count). The standard InChI is InChI=1S/C15H24BrNO/c1-15(2,3)17-11-13(9-10-18-4)12-5-7-14(16)8-6-12/h5-8,13,17H,9-11H2,1-4H3. The SMILES string of the molecule is COCCC(CNC(C)(C)C)c1ccc(Br)cc1. The zero-order valence-electron chi connectivity index (χ0n) is 11.8. The minimum Gasteiger partial charge on any atom is -0.385 e. The van der Waals surface area contributed by atoms with E-state index in [1.54, 1.807) is 7.11 Å². The Labute approximate surface area is 119 Å². The predicted molar refractivity (Wildman–Crippen MR) is 81.1 cm³/mol. The highest BCUT2D eigenvalue weighted by atomic mass is 79.9. The van der Waals surface area contributed by atoms with Gasteiger partial charge in [0, 0.05) is 30.3 Å². The third-order valence-electron chi connectivity index (χ3n) is 2.89. The molecule has 0 heterocycles. The Bertz CT molecular complexity index is 343. The highest BCUT2D eigenvalue weighted by Gasteiger charge is 2.15. The van der Waals surface area contributed by atoms with Crippen molar-refractivity contribution in [3.63, 3.8) is 0 Å². The molecule has 0 aliphatic carbocycles. The van der Waals surface area contributed by atoms with Crippen LogP contribution >= 0.6 is 15.9 Å². The first-order valence-electron chi connectivity index (χ1n) is 6.42. The van der Waals surface area contributed by atoms with Crippen LogP contribution in [0.2, 0.25) is 0 Å². The fourth-order valence-electron chi connectivity index (χ4n) is 1.81.